The van der Waals surface area contributed by atoms with Crippen LogP contribution in [-0.4, -0.2) is 38.3 Å². The molecule has 0 radical (unpaired) electrons. The molecule has 2 rings (SSSR count). The molecule has 1 heterocycles. The Hall–Kier alpha value is -0.820. The number of carbonyl (C=O) groups excluding carboxylic acids is 1. The predicted molar refractivity (Wildman–Crippen MR) is 86.6 cm³/mol. The highest BCUT2D eigenvalue weighted by molar-refractivity contribution is 7.89. The number of amides is 1. The number of hydrogen-bond donors (Lipinski definition) is 1. The van der Waals surface area contributed by atoms with Gasteiger partial charge in [-0.2, -0.15) is 4.31 Å². The van der Waals surface area contributed by atoms with E-state index in [1.807, 2.05) is 0 Å². The number of rotatable bonds is 4. The molecule has 0 bridgehead atoms. The van der Waals surface area contributed by atoms with E-state index in [9.17, 15) is 13.2 Å². The van der Waals surface area contributed by atoms with Gasteiger partial charge < -0.3 is 5.32 Å². The lowest BCUT2D eigenvalue weighted by molar-refractivity contribution is -0.119. The molecule has 1 N–H and O–H groups in total. The molecular formula is C14H18Cl2N2O3S. The van der Waals surface area contributed by atoms with E-state index in [2.05, 4.69) is 5.32 Å². The minimum Gasteiger partial charge on any atom is -0.356 e. The Balaban J connectivity index is 2.06. The number of nitrogens with one attached hydrogen (secondary N) is 1. The summed E-state index contributed by atoms with van der Waals surface area (Å²) < 4.78 is 26.7. The first-order valence-electron chi connectivity index (χ1n) is 7.00. The highest BCUT2D eigenvalue weighted by atomic mass is 35.5. The lowest BCUT2D eigenvalue weighted by Crippen LogP contribution is -2.41. The molecule has 22 heavy (non-hydrogen) atoms. The molecule has 1 fully saturated rings. The third-order valence-corrected chi connectivity index (χ3v) is 6.34. The first-order valence-corrected chi connectivity index (χ1v) is 9.20. The van der Waals surface area contributed by atoms with Gasteiger partial charge in [-0.3, -0.25) is 4.79 Å². The standard InChI is InChI=1S/C14H18Cl2N2O3S/c1-10(19)17-9-11-4-6-18(7-5-11)22(20,21)14-8-12(15)2-3-13(14)16/h2-3,8,11H,4-7,9H2,1H3,(H,17,19). The van der Waals surface area contributed by atoms with Gasteiger partial charge >= 0.3 is 0 Å². The molecule has 1 aliphatic rings. The molecule has 122 valence electrons. The minimum absolute atomic E-state index is 0.0435. The summed E-state index contributed by atoms with van der Waals surface area (Å²) in [6.07, 6.45) is 1.41. The summed E-state index contributed by atoms with van der Waals surface area (Å²) in [7, 11) is -3.64. The second kappa shape index (κ2) is 7.17. The Kier molecular flexibility index (Phi) is 5.71. The summed E-state index contributed by atoms with van der Waals surface area (Å²) in [6, 6.07) is 4.42. The highest BCUT2D eigenvalue weighted by Gasteiger charge is 2.31. The van der Waals surface area contributed by atoms with Gasteiger partial charge in [0.15, 0.2) is 0 Å². The molecule has 1 aromatic rings. The Labute approximate surface area is 140 Å². The maximum Gasteiger partial charge on any atom is 0.244 e. The summed E-state index contributed by atoms with van der Waals surface area (Å²) in [4.78, 5) is 11.0. The van der Waals surface area contributed by atoms with Crippen LogP contribution in [-0.2, 0) is 14.8 Å². The van der Waals surface area contributed by atoms with Crippen LogP contribution < -0.4 is 5.32 Å². The molecule has 0 unspecified atom stereocenters. The molecule has 0 saturated carbocycles. The molecule has 0 aliphatic carbocycles. The quantitative estimate of drug-likeness (QED) is 0.892. The van der Waals surface area contributed by atoms with Crippen LogP contribution in [0.15, 0.2) is 23.1 Å². The van der Waals surface area contributed by atoms with Crippen LogP contribution in [0.2, 0.25) is 10.0 Å². The van der Waals surface area contributed by atoms with Crippen molar-refractivity contribution < 1.29 is 13.2 Å². The third kappa shape index (κ3) is 4.13. The van der Waals surface area contributed by atoms with Crippen molar-refractivity contribution in [1.29, 1.82) is 0 Å². The van der Waals surface area contributed by atoms with Gasteiger partial charge in [-0.15, -0.1) is 0 Å². The third-order valence-electron chi connectivity index (χ3n) is 3.72. The zero-order valence-electron chi connectivity index (χ0n) is 12.2. The zero-order valence-corrected chi connectivity index (χ0v) is 14.5. The monoisotopic (exact) mass is 364 g/mol. The average Bonchev–Trinajstić information content (AvgIpc) is 2.48. The molecule has 0 aromatic heterocycles. The van der Waals surface area contributed by atoms with Crippen molar-refractivity contribution >= 4 is 39.1 Å². The van der Waals surface area contributed by atoms with E-state index in [0.717, 1.165) is 0 Å². The van der Waals surface area contributed by atoms with Crippen molar-refractivity contribution in [2.75, 3.05) is 19.6 Å². The van der Waals surface area contributed by atoms with E-state index < -0.39 is 10.0 Å². The Morgan fingerprint density at radius 1 is 1.32 bits per heavy atom. The van der Waals surface area contributed by atoms with Crippen molar-refractivity contribution in [1.82, 2.24) is 9.62 Å². The molecule has 5 nitrogen and oxygen atoms in total. The van der Waals surface area contributed by atoms with Crippen LogP contribution in [0.4, 0.5) is 0 Å². The lowest BCUT2D eigenvalue weighted by atomic mass is 9.98. The summed E-state index contributed by atoms with van der Waals surface area (Å²) in [5.41, 5.74) is 0. The van der Waals surface area contributed by atoms with Gasteiger partial charge in [-0.1, -0.05) is 23.2 Å². The Morgan fingerprint density at radius 2 is 1.95 bits per heavy atom. The number of halogens is 2. The van der Waals surface area contributed by atoms with E-state index in [0.29, 0.717) is 43.4 Å². The Bertz CT molecular complexity index is 656. The number of nitrogens with zero attached hydrogens (tertiary/aromatic N) is 1. The number of carbonyl (C=O) groups is 1. The van der Waals surface area contributed by atoms with E-state index in [1.54, 1.807) is 6.07 Å². The van der Waals surface area contributed by atoms with Crippen molar-refractivity contribution in [2.24, 2.45) is 5.92 Å². The summed E-state index contributed by atoms with van der Waals surface area (Å²) in [6.45, 7) is 2.88. The highest BCUT2D eigenvalue weighted by Crippen LogP contribution is 2.30. The second-order valence-corrected chi connectivity index (χ2v) is 8.11. The van der Waals surface area contributed by atoms with Crippen LogP contribution in [0.25, 0.3) is 0 Å². The van der Waals surface area contributed by atoms with Gasteiger partial charge in [0.1, 0.15) is 4.90 Å². The normalized spacial score (nSPS) is 17.4. The van der Waals surface area contributed by atoms with Gasteiger partial charge in [0, 0.05) is 31.6 Å². The van der Waals surface area contributed by atoms with Crippen LogP contribution >= 0.6 is 23.2 Å². The molecule has 8 heteroatoms. The zero-order chi connectivity index (χ0) is 16.3. The summed E-state index contributed by atoms with van der Waals surface area (Å²) in [5.74, 6) is 0.228. The average molecular weight is 365 g/mol. The topological polar surface area (TPSA) is 66.5 Å². The van der Waals surface area contributed by atoms with E-state index >= 15 is 0 Å². The number of hydrogen-bond acceptors (Lipinski definition) is 3. The van der Waals surface area contributed by atoms with E-state index in [1.165, 1.54) is 23.4 Å². The summed E-state index contributed by atoms with van der Waals surface area (Å²) in [5, 5.41) is 3.28. The van der Waals surface area contributed by atoms with Gasteiger partial charge in [-0.25, -0.2) is 8.42 Å². The van der Waals surface area contributed by atoms with Crippen LogP contribution in [0.1, 0.15) is 19.8 Å². The number of piperidine rings is 1. The van der Waals surface area contributed by atoms with Crippen LogP contribution in [0.3, 0.4) is 0 Å². The van der Waals surface area contributed by atoms with Crippen LogP contribution in [0, 0.1) is 5.92 Å². The molecule has 1 saturated heterocycles. The number of sulfonamides is 1. The maximum absolute atomic E-state index is 12.6. The van der Waals surface area contributed by atoms with E-state index in [-0.39, 0.29) is 15.8 Å². The fourth-order valence-corrected chi connectivity index (χ4v) is 4.66. The maximum atomic E-state index is 12.6. The minimum atomic E-state index is -3.64. The molecule has 1 aromatic carbocycles. The fraction of sp³-hybridized carbons (Fsp3) is 0.500. The molecule has 1 aliphatic heterocycles. The van der Waals surface area contributed by atoms with Crippen LogP contribution in [0.5, 0.6) is 0 Å². The smallest absolute Gasteiger partial charge is 0.244 e. The van der Waals surface area contributed by atoms with Gasteiger partial charge in [0.25, 0.3) is 0 Å². The molecule has 0 atom stereocenters. The largest absolute Gasteiger partial charge is 0.356 e. The van der Waals surface area contributed by atoms with Gasteiger partial charge in [0.05, 0.1) is 5.02 Å². The van der Waals surface area contributed by atoms with Gasteiger partial charge in [-0.05, 0) is 37.0 Å². The van der Waals surface area contributed by atoms with Crippen molar-refractivity contribution in [3.8, 4) is 0 Å². The van der Waals surface area contributed by atoms with Gasteiger partial charge in [0.2, 0.25) is 15.9 Å². The van der Waals surface area contributed by atoms with Crippen molar-refractivity contribution in [3.63, 3.8) is 0 Å². The SMILES string of the molecule is CC(=O)NCC1CCN(S(=O)(=O)c2cc(Cl)ccc2Cl)CC1. The lowest BCUT2D eigenvalue weighted by Gasteiger charge is -2.31. The molecule has 0 spiro atoms. The Morgan fingerprint density at radius 3 is 2.55 bits per heavy atom. The predicted octanol–water partition coefficient (Wildman–Crippen LogP) is 2.53. The van der Waals surface area contributed by atoms with Crippen molar-refractivity contribution in [3.05, 3.63) is 28.2 Å². The second-order valence-electron chi connectivity index (χ2n) is 5.36. The first-order chi connectivity index (χ1) is 10.3. The molecular weight excluding hydrogens is 347 g/mol. The molecule has 1 amide bonds. The first kappa shape index (κ1) is 17.5. The fourth-order valence-electron chi connectivity index (χ4n) is 2.46. The summed E-state index contributed by atoms with van der Waals surface area (Å²) >= 11 is 11.9. The number of benzene rings is 1. The van der Waals surface area contributed by atoms with E-state index in [4.69, 9.17) is 23.2 Å². The van der Waals surface area contributed by atoms with Crippen molar-refractivity contribution in [2.45, 2.75) is 24.7 Å².